The molecular formula is C17H20O2. The number of hydrogen-bond donors (Lipinski definition) is 1. The summed E-state index contributed by atoms with van der Waals surface area (Å²) in [6.45, 7) is 2.29. The van der Waals surface area contributed by atoms with E-state index in [-0.39, 0.29) is 6.61 Å². The molecule has 0 fully saturated rings. The number of aliphatic hydroxyl groups is 1. The van der Waals surface area contributed by atoms with Gasteiger partial charge >= 0.3 is 0 Å². The van der Waals surface area contributed by atoms with Gasteiger partial charge < -0.3 is 9.84 Å². The maximum Gasteiger partial charge on any atom is 0.122 e. The predicted molar refractivity (Wildman–Crippen MR) is 78.6 cm³/mol. The van der Waals surface area contributed by atoms with Gasteiger partial charge in [0.05, 0.1) is 7.11 Å². The van der Waals surface area contributed by atoms with Gasteiger partial charge in [-0.2, -0.15) is 0 Å². The van der Waals surface area contributed by atoms with Crippen molar-refractivity contribution in [1.29, 1.82) is 0 Å². The molecule has 0 aliphatic rings. The van der Waals surface area contributed by atoms with Crippen LogP contribution in [-0.4, -0.2) is 18.8 Å². The highest BCUT2D eigenvalue weighted by Gasteiger charge is 2.06. The van der Waals surface area contributed by atoms with Gasteiger partial charge in [0.15, 0.2) is 0 Å². The quantitative estimate of drug-likeness (QED) is 0.887. The summed E-state index contributed by atoms with van der Waals surface area (Å²) < 4.78 is 5.32. The Hall–Kier alpha value is -1.80. The molecule has 0 unspecified atom stereocenters. The van der Waals surface area contributed by atoms with E-state index in [2.05, 4.69) is 43.3 Å². The standard InChI is InChI=1S/C17H20O2/c1-3-13-5-4-6-14(11-13)15-7-8-17(19-2)16(12-15)9-10-18/h4-8,11-12,18H,3,9-10H2,1-2H3. The lowest BCUT2D eigenvalue weighted by Gasteiger charge is -2.11. The van der Waals surface area contributed by atoms with Crippen molar-refractivity contribution >= 4 is 0 Å². The van der Waals surface area contributed by atoms with Gasteiger partial charge in [0.1, 0.15) is 5.75 Å². The van der Waals surface area contributed by atoms with Crippen molar-refractivity contribution in [2.75, 3.05) is 13.7 Å². The Morgan fingerprint density at radius 1 is 1.05 bits per heavy atom. The summed E-state index contributed by atoms with van der Waals surface area (Å²) in [5, 5.41) is 9.13. The largest absolute Gasteiger partial charge is 0.496 e. The Kier molecular flexibility index (Phi) is 4.58. The lowest BCUT2D eigenvalue weighted by atomic mass is 9.99. The molecule has 2 heteroatoms. The number of rotatable bonds is 5. The molecule has 0 spiro atoms. The summed E-state index contributed by atoms with van der Waals surface area (Å²) in [5.41, 5.74) is 4.75. The molecule has 2 rings (SSSR count). The summed E-state index contributed by atoms with van der Waals surface area (Å²) in [4.78, 5) is 0. The summed E-state index contributed by atoms with van der Waals surface area (Å²) in [5.74, 6) is 0.837. The minimum atomic E-state index is 0.134. The summed E-state index contributed by atoms with van der Waals surface area (Å²) in [6.07, 6.45) is 1.65. The molecule has 2 aromatic rings. The van der Waals surface area contributed by atoms with Crippen molar-refractivity contribution in [3.63, 3.8) is 0 Å². The highest BCUT2D eigenvalue weighted by molar-refractivity contribution is 5.66. The van der Waals surface area contributed by atoms with Crippen LogP contribution in [0.25, 0.3) is 11.1 Å². The van der Waals surface area contributed by atoms with E-state index in [0.717, 1.165) is 17.7 Å². The van der Waals surface area contributed by atoms with Crippen molar-refractivity contribution in [3.05, 3.63) is 53.6 Å². The molecule has 0 aromatic heterocycles. The van der Waals surface area contributed by atoms with Gasteiger partial charge in [-0.25, -0.2) is 0 Å². The second kappa shape index (κ2) is 6.39. The van der Waals surface area contributed by atoms with E-state index in [1.807, 2.05) is 6.07 Å². The van der Waals surface area contributed by atoms with Gasteiger partial charge in [0.25, 0.3) is 0 Å². The fourth-order valence-corrected chi connectivity index (χ4v) is 2.24. The third-order valence-electron chi connectivity index (χ3n) is 3.33. The van der Waals surface area contributed by atoms with Crippen LogP contribution in [0, 0.1) is 0 Å². The molecule has 0 saturated heterocycles. The smallest absolute Gasteiger partial charge is 0.122 e. The average molecular weight is 256 g/mol. The van der Waals surface area contributed by atoms with Crippen molar-refractivity contribution < 1.29 is 9.84 Å². The van der Waals surface area contributed by atoms with Gasteiger partial charge in [-0.1, -0.05) is 37.3 Å². The average Bonchev–Trinajstić information content (AvgIpc) is 2.47. The van der Waals surface area contributed by atoms with E-state index in [1.54, 1.807) is 7.11 Å². The third kappa shape index (κ3) is 3.15. The van der Waals surface area contributed by atoms with Crippen LogP contribution in [0.5, 0.6) is 5.75 Å². The fraction of sp³-hybridized carbons (Fsp3) is 0.294. The van der Waals surface area contributed by atoms with Crippen molar-refractivity contribution in [1.82, 2.24) is 0 Å². The molecule has 0 heterocycles. The maximum atomic E-state index is 9.13. The Balaban J connectivity index is 2.41. The van der Waals surface area contributed by atoms with E-state index in [4.69, 9.17) is 9.84 Å². The second-order valence-corrected chi connectivity index (χ2v) is 4.55. The molecular weight excluding hydrogens is 236 g/mol. The molecule has 0 aliphatic heterocycles. The first-order valence-electron chi connectivity index (χ1n) is 6.65. The van der Waals surface area contributed by atoms with E-state index in [1.165, 1.54) is 16.7 Å². The monoisotopic (exact) mass is 256 g/mol. The van der Waals surface area contributed by atoms with Gasteiger partial charge in [0, 0.05) is 6.61 Å². The maximum absolute atomic E-state index is 9.13. The van der Waals surface area contributed by atoms with Crippen LogP contribution in [0.2, 0.25) is 0 Å². The Morgan fingerprint density at radius 3 is 2.53 bits per heavy atom. The van der Waals surface area contributed by atoms with Crippen LogP contribution >= 0.6 is 0 Å². The van der Waals surface area contributed by atoms with Crippen LogP contribution < -0.4 is 4.74 Å². The van der Waals surface area contributed by atoms with E-state index in [9.17, 15) is 0 Å². The molecule has 100 valence electrons. The Bertz CT molecular complexity index is 547. The summed E-state index contributed by atoms with van der Waals surface area (Å²) >= 11 is 0. The van der Waals surface area contributed by atoms with Gasteiger partial charge in [0.2, 0.25) is 0 Å². The van der Waals surface area contributed by atoms with Crippen LogP contribution in [0.15, 0.2) is 42.5 Å². The summed E-state index contributed by atoms with van der Waals surface area (Å²) in [6, 6.07) is 14.7. The zero-order valence-corrected chi connectivity index (χ0v) is 11.5. The number of aliphatic hydroxyl groups excluding tert-OH is 1. The first-order chi connectivity index (χ1) is 9.28. The fourth-order valence-electron chi connectivity index (χ4n) is 2.24. The highest BCUT2D eigenvalue weighted by Crippen LogP contribution is 2.27. The number of ether oxygens (including phenoxy) is 1. The SMILES string of the molecule is CCc1cccc(-c2ccc(OC)c(CCO)c2)c1. The van der Waals surface area contributed by atoms with Gasteiger partial charge in [-0.15, -0.1) is 0 Å². The molecule has 0 saturated carbocycles. The number of methoxy groups -OCH3 is 1. The molecule has 0 amide bonds. The Labute approximate surface area is 114 Å². The lowest BCUT2D eigenvalue weighted by Crippen LogP contribution is -1.96. The summed E-state index contributed by atoms with van der Waals surface area (Å²) in [7, 11) is 1.66. The van der Waals surface area contributed by atoms with Gasteiger partial charge in [-0.05, 0) is 47.2 Å². The van der Waals surface area contributed by atoms with E-state index in [0.29, 0.717) is 6.42 Å². The van der Waals surface area contributed by atoms with Crippen LogP contribution in [0.3, 0.4) is 0 Å². The molecule has 0 atom stereocenters. The number of aryl methyl sites for hydroxylation is 1. The molecule has 0 aliphatic carbocycles. The van der Waals surface area contributed by atoms with E-state index >= 15 is 0 Å². The third-order valence-corrected chi connectivity index (χ3v) is 3.33. The topological polar surface area (TPSA) is 29.5 Å². The van der Waals surface area contributed by atoms with Crippen LogP contribution in [0.1, 0.15) is 18.1 Å². The highest BCUT2D eigenvalue weighted by atomic mass is 16.5. The Morgan fingerprint density at radius 2 is 1.84 bits per heavy atom. The normalized spacial score (nSPS) is 10.5. The molecule has 19 heavy (non-hydrogen) atoms. The first kappa shape index (κ1) is 13.6. The minimum Gasteiger partial charge on any atom is -0.496 e. The molecule has 0 radical (unpaired) electrons. The van der Waals surface area contributed by atoms with Crippen molar-refractivity contribution in [2.24, 2.45) is 0 Å². The first-order valence-corrected chi connectivity index (χ1v) is 6.65. The van der Waals surface area contributed by atoms with Crippen LogP contribution in [0.4, 0.5) is 0 Å². The molecule has 2 aromatic carbocycles. The zero-order chi connectivity index (χ0) is 13.7. The zero-order valence-electron chi connectivity index (χ0n) is 11.5. The molecule has 2 nitrogen and oxygen atoms in total. The van der Waals surface area contributed by atoms with Crippen LogP contribution in [-0.2, 0) is 12.8 Å². The lowest BCUT2D eigenvalue weighted by molar-refractivity contribution is 0.297. The molecule has 0 bridgehead atoms. The van der Waals surface area contributed by atoms with E-state index < -0.39 is 0 Å². The number of benzene rings is 2. The molecule has 1 N–H and O–H groups in total. The van der Waals surface area contributed by atoms with Gasteiger partial charge in [-0.3, -0.25) is 0 Å². The van der Waals surface area contributed by atoms with Crippen molar-refractivity contribution in [3.8, 4) is 16.9 Å². The second-order valence-electron chi connectivity index (χ2n) is 4.55. The predicted octanol–water partition coefficient (Wildman–Crippen LogP) is 3.46. The minimum absolute atomic E-state index is 0.134. The number of hydrogen-bond acceptors (Lipinski definition) is 2. The van der Waals surface area contributed by atoms with Crippen molar-refractivity contribution in [2.45, 2.75) is 19.8 Å².